The Hall–Kier alpha value is -0.953. The molecule has 0 heterocycles. The van der Waals surface area contributed by atoms with Gasteiger partial charge in [0.25, 0.3) is 0 Å². The summed E-state index contributed by atoms with van der Waals surface area (Å²) in [7, 11) is -0.173. The number of halogens is 1. The summed E-state index contributed by atoms with van der Waals surface area (Å²) in [4.78, 5) is 0. The summed E-state index contributed by atoms with van der Waals surface area (Å²) in [6.45, 7) is 16.6. The fourth-order valence-corrected chi connectivity index (χ4v) is 10.2. The molecule has 27 heavy (non-hydrogen) atoms. The van der Waals surface area contributed by atoms with Crippen LogP contribution in [0, 0.1) is 17.4 Å². The third-order valence-corrected chi connectivity index (χ3v) is 12.8. The van der Waals surface area contributed by atoms with Gasteiger partial charge >= 0.3 is 0 Å². The molecule has 2 nitrogen and oxygen atoms in total. The summed E-state index contributed by atoms with van der Waals surface area (Å²) < 4.78 is 10.7. The van der Waals surface area contributed by atoms with Gasteiger partial charge in [0, 0.05) is 17.7 Å². The van der Waals surface area contributed by atoms with Crippen molar-refractivity contribution in [2.45, 2.75) is 77.4 Å². The number of methoxy groups -OCH3 is 1. The summed E-state index contributed by atoms with van der Waals surface area (Å²) in [6, 6.07) is 3.96. The summed E-state index contributed by atoms with van der Waals surface area (Å²) in [5, 5.41) is 0.771. The maximum atomic E-state index is 6.67. The molecule has 0 amide bonds. The second-order valence-corrected chi connectivity index (χ2v) is 14.9. The lowest BCUT2D eigenvalue weighted by atomic mass is 10.0. The van der Waals surface area contributed by atoms with E-state index in [0.717, 1.165) is 16.3 Å². The Morgan fingerprint density at radius 3 is 2.11 bits per heavy atom. The van der Waals surface area contributed by atoms with Gasteiger partial charge in [0.2, 0.25) is 0 Å². The van der Waals surface area contributed by atoms with Crippen LogP contribution in [-0.2, 0) is 4.74 Å². The van der Waals surface area contributed by atoms with Gasteiger partial charge in [0.05, 0.1) is 0 Å². The highest BCUT2D eigenvalue weighted by atomic mass is 35.5. The zero-order chi connectivity index (χ0) is 20.4. The predicted molar refractivity (Wildman–Crippen MR) is 118 cm³/mol. The second kappa shape index (κ2) is 9.03. The molecule has 0 spiro atoms. The lowest BCUT2D eigenvalue weighted by Gasteiger charge is -2.38. The molecule has 4 heteroatoms. The van der Waals surface area contributed by atoms with Crippen molar-refractivity contribution in [3.8, 4) is 17.2 Å². The lowest BCUT2D eigenvalue weighted by molar-refractivity contribution is 0.0511. The Morgan fingerprint density at radius 1 is 1.11 bits per heavy atom. The van der Waals surface area contributed by atoms with E-state index in [1.807, 2.05) is 6.07 Å². The van der Waals surface area contributed by atoms with Crippen LogP contribution >= 0.6 is 11.6 Å². The zero-order valence-electron chi connectivity index (χ0n) is 18.2. The van der Waals surface area contributed by atoms with E-state index in [-0.39, 0.29) is 6.79 Å². The van der Waals surface area contributed by atoms with Crippen molar-refractivity contribution in [2.75, 3.05) is 13.9 Å². The van der Waals surface area contributed by atoms with E-state index < -0.39 is 8.07 Å². The van der Waals surface area contributed by atoms with Crippen molar-refractivity contribution in [1.82, 2.24) is 0 Å². The lowest BCUT2D eigenvalue weighted by Crippen LogP contribution is -2.43. The number of ether oxygens (including phenoxy) is 2. The van der Waals surface area contributed by atoms with Gasteiger partial charge in [-0.15, -0.1) is 5.54 Å². The normalized spacial score (nSPS) is 19.4. The Bertz CT molecular complexity index is 693. The van der Waals surface area contributed by atoms with Gasteiger partial charge in [0.15, 0.2) is 6.79 Å². The minimum absolute atomic E-state index is 0.213. The standard InChI is InChI=1S/C23H35ClO2Si/c1-15(2)27(16(3)4,17(5)6)10-9-19-12-20(26-14-25-8)13-22(24)23(19)21-11-18(21)7/h12-13,15-18,21H,11,14H2,1-8H3/t18-,21-/m1/s1. The maximum absolute atomic E-state index is 6.67. The highest BCUT2D eigenvalue weighted by Crippen LogP contribution is 2.51. The van der Waals surface area contributed by atoms with Gasteiger partial charge in [-0.25, -0.2) is 0 Å². The highest BCUT2D eigenvalue weighted by Gasteiger charge is 2.42. The van der Waals surface area contributed by atoms with Gasteiger partial charge in [-0.05, 0) is 52.6 Å². The van der Waals surface area contributed by atoms with Crippen LogP contribution in [0.5, 0.6) is 5.75 Å². The molecule has 1 fully saturated rings. The first-order valence-electron chi connectivity index (χ1n) is 10.1. The minimum Gasteiger partial charge on any atom is -0.467 e. The van der Waals surface area contributed by atoms with E-state index >= 15 is 0 Å². The predicted octanol–water partition coefficient (Wildman–Crippen LogP) is 7.02. The molecule has 0 aliphatic heterocycles. The molecule has 2 atom stereocenters. The average Bonchev–Trinajstić information content (AvgIpc) is 3.28. The number of rotatable bonds is 7. The molecule has 1 aliphatic carbocycles. The summed E-state index contributed by atoms with van der Waals surface area (Å²) >= 11 is 6.67. The van der Waals surface area contributed by atoms with Crippen LogP contribution in [0.15, 0.2) is 12.1 Å². The third-order valence-electron chi connectivity index (χ3n) is 6.21. The van der Waals surface area contributed by atoms with Crippen LogP contribution in [0.25, 0.3) is 0 Å². The average molecular weight is 407 g/mol. The molecule has 150 valence electrons. The van der Waals surface area contributed by atoms with Crippen LogP contribution < -0.4 is 4.74 Å². The van der Waals surface area contributed by atoms with Gasteiger partial charge in [0.1, 0.15) is 13.8 Å². The van der Waals surface area contributed by atoms with Crippen molar-refractivity contribution in [2.24, 2.45) is 5.92 Å². The summed E-state index contributed by atoms with van der Waals surface area (Å²) in [5.74, 6) is 5.53. The molecule has 1 saturated carbocycles. The first-order chi connectivity index (χ1) is 12.6. The van der Waals surface area contributed by atoms with E-state index in [0.29, 0.717) is 28.5 Å². The van der Waals surface area contributed by atoms with Gasteiger partial charge in [-0.3, -0.25) is 0 Å². The Balaban J connectivity index is 2.56. The molecule has 0 radical (unpaired) electrons. The zero-order valence-corrected chi connectivity index (χ0v) is 19.9. The smallest absolute Gasteiger partial charge is 0.188 e. The molecular formula is C23H35ClO2Si. The Kier molecular flexibility index (Phi) is 7.47. The van der Waals surface area contributed by atoms with Crippen LogP contribution in [0.2, 0.25) is 21.6 Å². The Morgan fingerprint density at radius 2 is 1.67 bits per heavy atom. The van der Waals surface area contributed by atoms with Crippen LogP contribution in [0.3, 0.4) is 0 Å². The number of hydrogen-bond acceptors (Lipinski definition) is 2. The van der Waals surface area contributed by atoms with Crippen molar-refractivity contribution in [3.05, 3.63) is 28.3 Å². The fraction of sp³-hybridized carbons (Fsp3) is 0.652. The van der Waals surface area contributed by atoms with E-state index in [1.54, 1.807) is 7.11 Å². The molecule has 0 saturated heterocycles. The first kappa shape index (κ1) is 22.3. The largest absolute Gasteiger partial charge is 0.467 e. The van der Waals surface area contributed by atoms with E-state index in [1.165, 1.54) is 12.0 Å². The monoisotopic (exact) mass is 406 g/mol. The second-order valence-electron chi connectivity index (χ2n) is 8.88. The quantitative estimate of drug-likeness (QED) is 0.275. The first-order valence-corrected chi connectivity index (χ1v) is 12.7. The summed E-state index contributed by atoms with van der Waals surface area (Å²) in [5.41, 5.74) is 7.92. The molecule has 0 unspecified atom stereocenters. The van der Waals surface area contributed by atoms with E-state index in [4.69, 9.17) is 21.1 Å². The number of benzene rings is 1. The van der Waals surface area contributed by atoms with E-state index in [2.05, 4.69) is 66.0 Å². The molecular weight excluding hydrogens is 372 g/mol. The van der Waals surface area contributed by atoms with Crippen LogP contribution in [0.1, 0.15) is 71.9 Å². The molecule has 0 N–H and O–H groups in total. The van der Waals surface area contributed by atoms with Crippen molar-refractivity contribution < 1.29 is 9.47 Å². The fourth-order valence-electron chi connectivity index (χ4n) is 4.62. The third kappa shape index (κ3) is 4.73. The van der Waals surface area contributed by atoms with Gasteiger partial charge in [-0.1, -0.05) is 66.0 Å². The van der Waals surface area contributed by atoms with Crippen LogP contribution in [-0.4, -0.2) is 22.0 Å². The number of hydrogen-bond donors (Lipinski definition) is 0. The SMILES string of the molecule is COCOc1cc(Cl)c([C@@H]2C[C@H]2C)c(C#C[Si](C(C)C)(C(C)C)C(C)C)c1. The van der Waals surface area contributed by atoms with Crippen molar-refractivity contribution >= 4 is 19.7 Å². The minimum atomic E-state index is -1.79. The Labute approximate surface area is 172 Å². The highest BCUT2D eigenvalue weighted by molar-refractivity contribution is 6.90. The van der Waals surface area contributed by atoms with Crippen molar-refractivity contribution in [3.63, 3.8) is 0 Å². The van der Waals surface area contributed by atoms with Crippen molar-refractivity contribution in [1.29, 1.82) is 0 Å². The molecule has 1 aromatic carbocycles. The van der Waals surface area contributed by atoms with Gasteiger partial charge < -0.3 is 9.47 Å². The topological polar surface area (TPSA) is 18.5 Å². The van der Waals surface area contributed by atoms with E-state index in [9.17, 15) is 0 Å². The molecule has 1 aromatic rings. The van der Waals surface area contributed by atoms with Crippen LogP contribution in [0.4, 0.5) is 0 Å². The molecule has 0 aromatic heterocycles. The molecule has 0 bridgehead atoms. The molecule has 1 aliphatic rings. The molecule has 2 rings (SSSR count). The summed E-state index contributed by atoms with van der Waals surface area (Å²) in [6.07, 6.45) is 1.19. The maximum Gasteiger partial charge on any atom is 0.188 e. The van der Waals surface area contributed by atoms with Gasteiger partial charge in [-0.2, -0.15) is 0 Å².